The normalized spacial score (nSPS) is 14.3. The molecule has 2 aliphatic carbocycles. The number of nitrogens with zero attached hydrogens (tertiary/aromatic N) is 1. The van der Waals surface area contributed by atoms with E-state index in [9.17, 15) is 0 Å². The van der Waals surface area contributed by atoms with Gasteiger partial charge in [-0.05, 0) is 110 Å². The largest absolute Gasteiger partial charge is 0.456 e. The Hall–Kier alpha value is -7.20. The molecule has 2 aliphatic rings. The van der Waals surface area contributed by atoms with Gasteiger partial charge in [-0.1, -0.05) is 159 Å². The second-order valence-corrected chi connectivity index (χ2v) is 18.2. The molecule has 0 amide bonds. The molecule has 0 unspecified atom stereocenters. The monoisotopic (exact) mass is 797 g/mol. The Labute approximate surface area is 358 Å². The Morgan fingerprint density at radius 1 is 0.410 bits per heavy atom. The van der Waals surface area contributed by atoms with Crippen molar-refractivity contribution in [3.05, 3.63) is 234 Å². The molecular formula is C58H39NOS. The topological polar surface area (TPSA) is 16.4 Å². The molecule has 0 atom stereocenters. The molecule has 0 N–H and O–H groups in total. The molecule has 2 aromatic heterocycles. The van der Waals surface area contributed by atoms with Crippen LogP contribution in [0, 0.1) is 0 Å². The van der Waals surface area contributed by atoms with Crippen molar-refractivity contribution in [3.63, 3.8) is 0 Å². The van der Waals surface area contributed by atoms with Crippen LogP contribution in [0.15, 0.2) is 205 Å². The van der Waals surface area contributed by atoms with Crippen LogP contribution in [0.2, 0.25) is 0 Å². The van der Waals surface area contributed by atoms with Crippen molar-refractivity contribution in [1.29, 1.82) is 0 Å². The molecule has 61 heavy (non-hydrogen) atoms. The Balaban J connectivity index is 0.994. The third-order valence-electron chi connectivity index (χ3n) is 13.8. The van der Waals surface area contributed by atoms with Gasteiger partial charge in [0, 0.05) is 43.0 Å². The number of para-hydroxylation sites is 1. The lowest BCUT2D eigenvalue weighted by atomic mass is 9.55. The van der Waals surface area contributed by atoms with Crippen LogP contribution < -0.4 is 4.90 Å². The lowest BCUT2D eigenvalue weighted by molar-refractivity contribution is 0.563. The SMILES string of the molecule is CC1(C)c2ccccc2C2(c3ccccc3-c3ccc(-c4ccc(N(c5ccc6oc7ccccc7c6c5)c5cccc6c5sc5ccccc56)cc4)cc32)c2ccccc21. The predicted molar refractivity (Wildman–Crippen MR) is 256 cm³/mol. The van der Waals surface area contributed by atoms with Crippen LogP contribution in [0.3, 0.4) is 0 Å². The Morgan fingerprint density at radius 2 is 1.00 bits per heavy atom. The van der Waals surface area contributed by atoms with Crippen LogP contribution in [0.5, 0.6) is 0 Å². The minimum Gasteiger partial charge on any atom is -0.456 e. The standard InChI is InChI=1S/C58H39NOS/c1-57(2)47-19-7-9-21-49(47)58(50-22-10-8-20-48(50)57)46-18-6-3-14-40(46)41-32-28-37(34-51(41)58)36-26-29-38(30-27-36)59(39-31-33-54-45(35-39)42-15-4-11-24-53(42)60-54)52-23-13-17-44-43-16-5-12-25-55(43)61-56(44)52/h3-35H,1-2H3. The number of hydrogen-bond donors (Lipinski definition) is 0. The van der Waals surface area contributed by atoms with Crippen molar-refractivity contribution in [3.8, 4) is 22.3 Å². The quantitative estimate of drug-likeness (QED) is 0.176. The van der Waals surface area contributed by atoms with Gasteiger partial charge < -0.3 is 9.32 Å². The van der Waals surface area contributed by atoms with Crippen LogP contribution in [-0.2, 0) is 10.8 Å². The molecule has 13 rings (SSSR count). The van der Waals surface area contributed by atoms with Crippen LogP contribution >= 0.6 is 11.3 Å². The van der Waals surface area contributed by atoms with Crippen molar-refractivity contribution < 1.29 is 4.42 Å². The molecular weight excluding hydrogens is 759 g/mol. The average molecular weight is 798 g/mol. The van der Waals surface area contributed by atoms with Crippen molar-refractivity contribution in [1.82, 2.24) is 0 Å². The fourth-order valence-electron chi connectivity index (χ4n) is 11.0. The van der Waals surface area contributed by atoms with E-state index in [-0.39, 0.29) is 5.41 Å². The fourth-order valence-corrected chi connectivity index (χ4v) is 12.2. The van der Waals surface area contributed by atoms with Crippen molar-refractivity contribution in [2.75, 3.05) is 4.90 Å². The van der Waals surface area contributed by atoms with Crippen LogP contribution in [0.1, 0.15) is 47.2 Å². The van der Waals surface area contributed by atoms with E-state index in [1.54, 1.807) is 0 Å². The maximum absolute atomic E-state index is 6.30. The number of benzene rings is 9. The second-order valence-electron chi connectivity index (χ2n) is 17.2. The Morgan fingerprint density at radius 3 is 1.79 bits per heavy atom. The highest BCUT2D eigenvalue weighted by Gasteiger charge is 2.53. The van der Waals surface area contributed by atoms with Gasteiger partial charge >= 0.3 is 0 Å². The smallest absolute Gasteiger partial charge is 0.135 e. The number of furan rings is 1. The molecule has 9 aromatic carbocycles. The van der Waals surface area contributed by atoms with E-state index in [1.165, 1.54) is 75.8 Å². The second kappa shape index (κ2) is 12.7. The van der Waals surface area contributed by atoms with Crippen molar-refractivity contribution in [2.45, 2.75) is 24.7 Å². The average Bonchev–Trinajstić information content (AvgIpc) is 3.97. The van der Waals surface area contributed by atoms with Gasteiger partial charge in [0.1, 0.15) is 11.2 Å². The summed E-state index contributed by atoms with van der Waals surface area (Å²) in [7, 11) is 0. The number of hydrogen-bond acceptors (Lipinski definition) is 3. The summed E-state index contributed by atoms with van der Waals surface area (Å²) in [5, 5.41) is 4.80. The molecule has 0 saturated carbocycles. The first-order valence-corrected chi connectivity index (χ1v) is 22.0. The first-order valence-electron chi connectivity index (χ1n) is 21.2. The maximum atomic E-state index is 6.30. The minimum atomic E-state index is -0.430. The van der Waals surface area contributed by atoms with Crippen molar-refractivity contribution in [2.24, 2.45) is 0 Å². The summed E-state index contributed by atoms with van der Waals surface area (Å²) in [4.78, 5) is 2.43. The van der Waals surface area contributed by atoms with Gasteiger partial charge in [-0.15, -0.1) is 11.3 Å². The van der Waals surface area contributed by atoms with Gasteiger partial charge in [0.2, 0.25) is 0 Å². The molecule has 3 heteroatoms. The predicted octanol–water partition coefficient (Wildman–Crippen LogP) is 16.1. The fraction of sp³-hybridized carbons (Fsp3) is 0.0690. The summed E-state index contributed by atoms with van der Waals surface area (Å²) in [6, 6.07) is 74.3. The van der Waals surface area contributed by atoms with E-state index >= 15 is 0 Å². The van der Waals surface area contributed by atoms with Crippen molar-refractivity contribution >= 4 is 70.5 Å². The van der Waals surface area contributed by atoms with Gasteiger partial charge in [-0.25, -0.2) is 0 Å². The number of thiophene rings is 1. The summed E-state index contributed by atoms with van der Waals surface area (Å²) in [5.41, 5.74) is 17.9. The summed E-state index contributed by atoms with van der Waals surface area (Å²) in [6.45, 7) is 4.77. The molecule has 0 aliphatic heterocycles. The van der Waals surface area contributed by atoms with E-state index in [4.69, 9.17) is 4.42 Å². The van der Waals surface area contributed by atoms with E-state index in [0.29, 0.717) is 0 Å². The first kappa shape index (κ1) is 34.6. The first-order chi connectivity index (χ1) is 30.0. The number of anilines is 3. The van der Waals surface area contributed by atoms with E-state index < -0.39 is 5.41 Å². The lowest BCUT2D eigenvalue weighted by Crippen LogP contribution is -2.40. The summed E-state index contributed by atoms with van der Waals surface area (Å²) in [5.74, 6) is 0. The molecule has 0 saturated heterocycles. The minimum absolute atomic E-state index is 0.134. The zero-order chi connectivity index (χ0) is 40.5. The summed E-state index contributed by atoms with van der Waals surface area (Å²) < 4.78 is 8.86. The molecule has 0 bridgehead atoms. The molecule has 0 radical (unpaired) electrons. The lowest BCUT2D eigenvalue weighted by Gasteiger charge is -2.46. The third kappa shape index (κ3) is 4.73. The van der Waals surface area contributed by atoms with Gasteiger partial charge in [0.25, 0.3) is 0 Å². The molecule has 2 heterocycles. The van der Waals surface area contributed by atoms with Gasteiger partial charge in [0.15, 0.2) is 0 Å². The van der Waals surface area contributed by atoms with E-state index in [2.05, 4.69) is 213 Å². The van der Waals surface area contributed by atoms with E-state index in [0.717, 1.165) is 39.0 Å². The zero-order valence-corrected chi connectivity index (χ0v) is 34.6. The van der Waals surface area contributed by atoms with Gasteiger partial charge in [-0.3, -0.25) is 0 Å². The molecule has 288 valence electrons. The van der Waals surface area contributed by atoms with Crippen LogP contribution in [-0.4, -0.2) is 0 Å². The van der Waals surface area contributed by atoms with E-state index in [1.807, 2.05) is 17.4 Å². The highest BCUT2D eigenvalue weighted by Crippen LogP contribution is 2.62. The highest BCUT2D eigenvalue weighted by molar-refractivity contribution is 7.26. The third-order valence-corrected chi connectivity index (χ3v) is 15.0. The molecule has 0 fully saturated rings. The van der Waals surface area contributed by atoms with Gasteiger partial charge in [-0.2, -0.15) is 0 Å². The van der Waals surface area contributed by atoms with Crippen LogP contribution in [0.25, 0.3) is 64.4 Å². The Kier molecular flexibility index (Phi) is 7.19. The Bertz CT molecular complexity index is 3540. The zero-order valence-electron chi connectivity index (χ0n) is 33.8. The molecule has 1 spiro atoms. The molecule has 2 nitrogen and oxygen atoms in total. The number of rotatable bonds is 4. The van der Waals surface area contributed by atoms with Crippen LogP contribution in [0.4, 0.5) is 17.1 Å². The molecule has 11 aromatic rings. The number of fused-ring (bicyclic) bond motifs is 15. The highest BCUT2D eigenvalue weighted by atomic mass is 32.1. The van der Waals surface area contributed by atoms with Gasteiger partial charge in [0.05, 0.1) is 15.8 Å². The maximum Gasteiger partial charge on any atom is 0.135 e. The summed E-state index contributed by atoms with van der Waals surface area (Å²) in [6.07, 6.45) is 0. The summed E-state index contributed by atoms with van der Waals surface area (Å²) >= 11 is 1.86.